The minimum atomic E-state index is -4.34. The van der Waals surface area contributed by atoms with Crippen LogP contribution in [0.1, 0.15) is 182 Å². The molecular formula is C76H129F3N10O15. The molecule has 0 aromatic carbocycles. The number of ketones is 3. The van der Waals surface area contributed by atoms with Gasteiger partial charge < -0.3 is 54.0 Å². The molecule has 25 nitrogen and oxygen atoms in total. The number of amides is 9. The fourth-order valence-electron chi connectivity index (χ4n) is 14.0. The molecule has 0 saturated carbocycles. The molecular weight excluding hydrogens is 1350 g/mol. The molecule has 0 unspecified atom stereocenters. The SMILES string of the molecule is C/C=C/C[C@@H](C)[C@@H](OC(C)=O)[C@H]1C(=O)N[C@@H](CC)C(=O)N(C)[C@H](C)C(=O)N(C)[C@@H]([C@H](C)COCC(=O)N2CCN(CCC(F)(F)F)CC2)C(=O)C[C@@H](C(C)C)C(=O)N(C)[C@@H](CC(C)C)C(=O)C[C@@H](C)C(=O)C[C@H](C)C(=O)N(C)[C@@H](CC(C)C)C(=O)N(C)[C@@H](CC(C)C)C(=O)N(C)[C@@H](C(C)C)C(=O)N1C. The molecule has 0 aromatic rings. The molecule has 0 aliphatic carbocycles. The van der Waals surface area contributed by atoms with Crippen LogP contribution in [0.15, 0.2) is 12.2 Å². The molecule has 0 bridgehead atoms. The van der Waals surface area contributed by atoms with Crippen molar-refractivity contribution in [2.24, 2.45) is 59.2 Å². The van der Waals surface area contributed by atoms with Crippen LogP contribution in [0.25, 0.3) is 0 Å². The van der Waals surface area contributed by atoms with Gasteiger partial charge in [-0.25, -0.2) is 0 Å². The predicted octanol–water partition coefficient (Wildman–Crippen LogP) is 7.20. The fourth-order valence-corrected chi connectivity index (χ4v) is 14.0. The first-order chi connectivity index (χ1) is 48.1. The lowest BCUT2D eigenvalue weighted by Gasteiger charge is -2.42. The van der Waals surface area contributed by atoms with Gasteiger partial charge in [-0.05, 0) is 81.5 Å². The second-order valence-corrected chi connectivity index (χ2v) is 31.4. The van der Waals surface area contributed by atoms with Crippen molar-refractivity contribution in [3.63, 3.8) is 0 Å². The third-order valence-corrected chi connectivity index (χ3v) is 20.6. The van der Waals surface area contributed by atoms with Crippen LogP contribution in [-0.2, 0) is 71.8 Å². The van der Waals surface area contributed by atoms with E-state index in [1.165, 1.54) is 80.8 Å². The molecule has 594 valence electrons. The van der Waals surface area contributed by atoms with Gasteiger partial charge in [-0.2, -0.15) is 13.2 Å². The molecule has 2 aliphatic rings. The van der Waals surface area contributed by atoms with Crippen molar-refractivity contribution in [3.05, 3.63) is 12.2 Å². The number of esters is 1. The molecule has 28 heteroatoms. The summed E-state index contributed by atoms with van der Waals surface area (Å²) in [5, 5.41) is 2.80. The quantitative estimate of drug-likeness (QED) is 0.0878. The number of Topliss-reactive ketones (excluding diaryl/α,β-unsaturated/α-hetero) is 3. The van der Waals surface area contributed by atoms with Gasteiger partial charge in [0.15, 0.2) is 11.6 Å². The van der Waals surface area contributed by atoms with Crippen molar-refractivity contribution in [2.45, 2.75) is 243 Å². The van der Waals surface area contributed by atoms with E-state index in [4.69, 9.17) is 9.47 Å². The molecule has 2 heterocycles. The zero-order valence-corrected chi connectivity index (χ0v) is 67.2. The van der Waals surface area contributed by atoms with E-state index in [1.807, 2.05) is 41.5 Å². The van der Waals surface area contributed by atoms with Crippen LogP contribution in [0.4, 0.5) is 13.2 Å². The molecule has 0 spiro atoms. The smallest absolute Gasteiger partial charge is 0.390 e. The molecule has 2 saturated heterocycles. The lowest BCUT2D eigenvalue weighted by molar-refractivity contribution is -0.164. The molecule has 2 aliphatic heterocycles. The molecule has 2 rings (SSSR count). The Labute approximate surface area is 618 Å². The van der Waals surface area contributed by atoms with Gasteiger partial charge in [0.05, 0.1) is 25.1 Å². The van der Waals surface area contributed by atoms with Crippen molar-refractivity contribution >= 4 is 76.5 Å². The zero-order chi connectivity index (χ0) is 80.0. The van der Waals surface area contributed by atoms with Gasteiger partial charge in [-0.1, -0.05) is 116 Å². The normalized spacial score (nSPS) is 26.5. The van der Waals surface area contributed by atoms with Crippen LogP contribution in [-0.4, -0.2) is 276 Å². The van der Waals surface area contributed by atoms with Gasteiger partial charge in [0.1, 0.15) is 54.7 Å². The highest BCUT2D eigenvalue weighted by molar-refractivity contribution is 6.00. The maximum absolute atomic E-state index is 15.6. The monoisotopic (exact) mass is 1480 g/mol. The van der Waals surface area contributed by atoms with Crippen molar-refractivity contribution in [1.82, 2.24) is 49.4 Å². The van der Waals surface area contributed by atoms with E-state index in [2.05, 4.69) is 5.32 Å². The van der Waals surface area contributed by atoms with Crippen molar-refractivity contribution in [3.8, 4) is 0 Å². The molecule has 14 atom stereocenters. The summed E-state index contributed by atoms with van der Waals surface area (Å²) in [5.74, 6) is -14.7. The third-order valence-electron chi connectivity index (χ3n) is 20.6. The average Bonchev–Trinajstić information content (AvgIpc) is 0.789. The number of hydrogen-bond donors (Lipinski definition) is 1. The first-order valence-electron chi connectivity index (χ1n) is 37.3. The Balaban J connectivity index is 3.07. The number of hydrogen-bond acceptors (Lipinski definition) is 16. The number of ether oxygens (including phenoxy) is 2. The molecule has 0 aromatic heterocycles. The molecule has 9 amide bonds. The molecule has 1 N–H and O–H groups in total. The van der Waals surface area contributed by atoms with Gasteiger partial charge in [0.2, 0.25) is 53.2 Å². The Hall–Kier alpha value is -6.84. The van der Waals surface area contributed by atoms with E-state index >= 15 is 38.4 Å². The van der Waals surface area contributed by atoms with Crippen LogP contribution < -0.4 is 5.32 Å². The fraction of sp³-hybridized carbons (Fsp3) is 0.803. The summed E-state index contributed by atoms with van der Waals surface area (Å²) in [7, 11) is 9.82. The summed E-state index contributed by atoms with van der Waals surface area (Å²) >= 11 is 0. The second kappa shape index (κ2) is 42.5. The van der Waals surface area contributed by atoms with Crippen LogP contribution >= 0.6 is 0 Å². The van der Waals surface area contributed by atoms with E-state index in [0.717, 1.165) is 21.6 Å². The number of alkyl halides is 3. The van der Waals surface area contributed by atoms with Gasteiger partial charge >= 0.3 is 12.1 Å². The highest BCUT2D eigenvalue weighted by Gasteiger charge is 2.48. The van der Waals surface area contributed by atoms with Gasteiger partial charge in [0.25, 0.3) is 0 Å². The number of nitrogens with zero attached hydrogens (tertiary/aromatic N) is 9. The van der Waals surface area contributed by atoms with E-state index < -0.39 is 198 Å². The van der Waals surface area contributed by atoms with Crippen molar-refractivity contribution in [1.29, 1.82) is 0 Å². The summed E-state index contributed by atoms with van der Waals surface area (Å²) in [4.78, 5) is 204. The van der Waals surface area contributed by atoms with E-state index in [0.29, 0.717) is 0 Å². The Morgan fingerprint density at radius 3 is 1.51 bits per heavy atom. The minimum Gasteiger partial charge on any atom is -0.459 e. The summed E-state index contributed by atoms with van der Waals surface area (Å²) in [5.41, 5.74) is 0. The molecule has 2 fully saturated rings. The highest BCUT2D eigenvalue weighted by Crippen LogP contribution is 2.31. The first kappa shape index (κ1) is 93.2. The summed E-state index contributed by atoms with van der Waals surface area (Å²) in [6.07, 6.45) is -3.66. The topological polar surface area (TPSA) is 282 Å². The largest absolute Gasteiger partial charge is 0.459 e. The van der Waals surface area contributed by atoms with E-state index in [-0.39, 0.29) is 102 Å². The third kappa shape index (κ3) is 26.9. The number of piperazine rings is 1. The highest BCUT2D eigenvalue weighted by atomic mass is 19.4. The number of carbonyl (C=O) groups excluding carboxylic acids is 13. The predicted molar refractivity (Wildman–Crippen MR) is 390 cm³/mol. The molecule has 0 radical (unpaired) electrons. The van der Waals surface area contributed by atoms with E-state index in [1.54, 1.807) is 86.3 Å². The maximum atomic E-state index is 15.6. The lowest BCUT2D eigenvalue weighted by Crippen LogP contribution is -2.64. The number of likely N-dealkylation sites (N-methyl/N-ethyl adjacent to an activating group) is 7. The number of halogens is 3. The van der Waals surface area contributed by atoms with E-state index in [9.17, 15) is 37.1 Å². The van der Waals surface area contributed by atoms with Crippen LogP contribution in [0, 0.1) is 59.2 Å². The minimum absolute atomic E-state index is 0.0828. The average molecular weight is 1480 g/mol. The van der Waals surface area contributed by atoms with Crippen LogP contribution in [0.3, 0.4) is 0 Å². The summed E-state index contributed by atoms with van der Waals surface area (Å²) in [6.45, 7) is 30.1. The number of carbonyl (C=O) groups is 13. The van der Waals surface area contributed by atoms with Gasteiger partial charge in [-0.3, -0.25) is 67.2 Å². The van der Waals surface area contributed by atoms with Gasteiger partial charge in [-0.15, -0.1) is 0 Å². The Bertz CT molecular complexity index is 2950. The summed E-state index contributed by atoms with van der Waals surface area (Å²) < 4.78 is 51.0. The summed E-state index contributed by atoms with van der Waals surface area (Å²) in [6, 6.07) is -10.6. The number of allylic oxidation sites excluding steroid dienone is 2. The Morgan fingerprint density at radius 1 is 0.548 bits per heavy atom. The zero-order valence-electron chi connectivity index (χ0n) is 67.2. The first-order valence-corrected chi connectivity index (χ1v) is 37.3. The number of rotatable bonds is 21. The van der Waals surface area contributed by atoms with Crippen LogP contribution in [0.5, 0.6) is 0 Å². The lowest BCUT2D eigenvalue weighted by atomic mass is 9.83. The number of nitrogens with one attached hydrogen (secondary N) is 1. The Morgan fingerprint density at radius 2 is 1.03 bits per heavy atom. The van der Waals surface area contributed by atoms with Crippen molar-refractivity contribution < 1.29 is 85.0 Å². The second-order valence-electron chi connectivity index (χ2n) is 31.4. The van der Waals surface area contributed by atoms with Crippen molar-refractivity contribution in [2.75, 3.05) is 95.3 Å². The molecule has 104 heavy (non-hydrogen) atoms. The van der Waals surface area contributed by atoms with Gasteiger partial charge in [0, 0.05) is 132 Å². The maximum Gasteiger partial charge on any atom is 0.390 e. The van der Waals surface area contributed by atoms with Crippen LogP contribution in [0.2, 0.25) is 0 Å². The standard InChI is InChI=1S/C76H129F3N10O15/c1-26-28-29-49(13)67(104-54(18)90)66-68(95)80-56(27-2)72(99)81(19)53(17)70(97)86(24)65(52(16)42-103-43-63(94)89-34-32-88(33-35-89)31-30-76(77,78)79)62(93)41-55(47(9)10)71(98)82(20)57(36-44(3)4)61(92)39-50(14)60(91)40-51(15)69(96)83(21)58(37-45(5)6)73(100)84(22)59(38-46(7)8)74(101)85(23)64(48(11)12)75(102)87(66)25/h26,28,44-53,55-59,64-67H,27,29-43H2,1-25H3,(H,80,95)/b28-26+/t49-,50-,51+,52-,53-,55+,56+,57+,58+,59+,64+,65+,66+,67-/m1/s1. The Kier molecular flexibility index (Phi) is 38.1.